The number of hydrogen-bond acceptors (Lipinski definition) is 3. The maximum absolute atomic E-state index is 9.12. The summed E-state index contributed by atoms with van der Waals surface area (Å²) >= 11 is 0. The van der Waals surface area contributed by atoms with E-state index in [1.807, 2.05) is 0 Å². The Hall–Kier alpha value is -0.206. The second-order valence-corrected chi connectivity index (χ2v) is 19.3. The molecule has 0 fully saturated rings. The Kier molecular flexibility index (Phi) is 10.3. The van der Waals surface area contributed by atoms with E-state index in [0.29, 0.717) is 13.0 Å². The lowest BCUT2D eigenvalue weighted by atomic mass is 9.96. The molecule has 0 rings (SSSR count). The fraction of sp³-hybridized carbons (Fsp3) is 0.810. The molecule has 0 saturated heterocycles. The van der Waals surface area contributed by atoms with Crippen molar-refractivity contribution >= 4 is 16.6 Å². The maximum Gasteiger partial charge on any atom is 0.192 e. The summed E-state index contributed by atoms with van der Waals surface area (Å²) in [5, 5.41) is 9.35. The van der Waals surface area contributed by atoms with Crippen LogP contribution in [0.1, 0.15) is 48.0 Å². The van der Waals surface area contributed by atoms with Crippen molar-refractivity contribution in [2.75, 3.05) is 13.2 Å². The van der Waals surface area contributed by atoms with Crippen LogP contribution >= 0.6 is 0 Å². The smallest absolute Gasteiger partial charge is 0.192 e. The van der Waals surface area contributed by atoms with E-state index in [1.165, 1.54) is 11.1 Å². The molecule has 0 aromatic heterocycles. The average molecular weight is 401 g/mol. The van der Waals surface area contributed by atoms with Gasteiger partial charge in [0.25, 0.3) is 0 Å². The van der Waals surface area contributed by atoms with Gasteiger partial charge in [0.1, 0.15) is 0 Å². The van der Waals surface area contributed by atoms with Gasteiger partial charge in [-0.15, -0.1) is 0 Å². The third-order valence-electron chi connectivity index (χ3n) is 5.02. The van der Waals surface area contributed by atoms with Crippen molar-refractivity contribution in [2.24, 2.45) is 5.92 Å². The van der Waals surface area contributed by atoms with Gasteiger partial charge in [0.15, 0.2) is 16.6 Å². The van der Waals surface area contributed by atoms with Crippen molar-refractivity contribution in [3.63, 3.8) is 0 Å². The van der Waals surface area contributed by atoms with E-state index in [-0.39, 0.29) is 23.7 Å². The Morgan fingerprint density at radius 2 is 1.62 bits per heavy atom. The van der Waals surface area contributed by atoms with Crippen LogP contribution in [0.2, 0.25) is 37.8 Å². The van der Waals surface area contributed by atoms with Gasteiger partial charge in [0.05, 0.1) is 12.7 Å². The molecule has 0 aromatic rings. The minimum atomic E-state index is -1.73. The second-order valence-electron chi connectivity index (χ2n) is 10.0. The first kappa shape index (κ1) is 25.8. The SMILES string of the molecule is C/C(=C\[C@H](C)[C@@H](O[Si](C)(C)C)/C(C)=C/CCO)CO[Si](C)(C)C(C)(C)C. The summed E-state index contributed by atoms with van der Waals surface area (Å²) in [7, 11) is -3.39. The average Bonchev–Trinajstić information content (AvgIpc) is 2.46. The summed E-state index contributed by atoms with van der Waals surface area (Å²) in [4.78, 5) is 0. The first-order valence-corrected chi connectivity index (χ1v) is 16.2. The summed E-state index contributed by atoms with van der Waals surface area (Å²) < 4.78 is 12.8. The predicted molar refractivity (Wildman–Crippen MR) is 120 cm³/mol. The highest BCUT2D eigenvalue weighted by Crippen LogP contribution is 2.36. The highest BCUT2D eigenvalue weighted by Gasteiger charge is 2.37. The quantitative estimate of drug-likeness (QED) is 0.353. The van der Waals surface area contributed by atoms with Crippen molar-refractivity contribution in [1.82, 2.24) is 0 Å². The van der Waals surface area contributed by atoms with Gasteiger partial charge in [0.2, 0.25) is 0 Å². The van der Waals surface area contributed by atoms with Gasteiger partial charge in [-0.1, -0.05) is 45.4 Å². The molecule has 0 aliphatic rings. The minimum Gasteiger partial charge on any atom is -0.413 e. The number of hydrogen-bond donors (Lipinski definition) is 1. The number of aliphatic hydroxyl groups excluding tert-OH is 1. The first-order valence-electron chi connectivity index (χ1n) is 9.87. The highest BCUT2D eigenvalue weighted by molar-refractivity contribution is 6.74. The molecule has 0 aliphatic heterocycles. The van der Waals surface area contributed by atoms with Gasteiger partial charge < -0.3 is 14.0 Å². The van der Waals surface area contributed by atoms with Crippen molar-refractivity contribution < 1.29 is 14.0 Å². The molecule has 3 nitrogen and oxygen atoms in total. The standard InChI is InChI=1S/C21H44O3Si2/c1-17(16-23-26(10,11)21(4,5)6)15-19(3)20(24-25(7,8)9)18(2)13-12-14-22/h13,15,19-20,22H,12,14,16H2,1-11H3/b17-15+,18-13+/t19-,20-/m0/s1. The number of aliphatic hydroxyl groups is 1. The Morgan fingerprint density at radius 3 is 2.04 bits per heavy atom. The Labute approximate surface area is 165 Å². The molecule has 0 spiro atoms. The molecule has 26 heavy (non-hydrogen) atoms. The molecule has 0 aliphatic carbocycles. The van der Waals surface area contributed by atoms with Gasteiger partial charge in [-0.25, -0.2) is 0 Å². The molecular weight excluding hydrogens is 356 g/mol. The molecule has 0 saturated carbocycles. The molecule has 5 heteroatoms. The van der Waals surface area contributed by atoms with Gasteiger partial charge in [-0.05, 0) is 63.6 Å². The zero-order valence-electron chi connectivity index (χ0n) is 19.2. The van der Waals surface area contributed by atoms with Crippen LogP contribution in [0, 0.1) is 5.92 Å². The predicted octanol–water partition coefficient (Wildman–Crippen LogP) is 6.14. The van der Waals surface area contributed by atoms with E-state index < -0.39 is 16.6 Å². The third kappa shape index (κ3) is 9.65. The summed E-state index contributed by atoms with van der Waals surface area (Å²) in [5.74, 6) is 0.277. The van der Waals surface area contributed by atoms with Crippen LogP contribution < -0.4 is 0 Å². The largest absolute Gasteiger partial charge is 0.413 e. The molecular formula is C21H44O3Si2. The fourth-order valence-electron chi connectivity index (χ4n) is 2.50. The summed E-state index contributed by atoms with van der Waals surface area (Å²) in [6.07, 6.45) is 5.16. The van der Waals surface area contributed by atoms with Crippen LogP contribution in [0.25, 0.3) is 0 Å². The van der Waals surface area contributed by atoms with E-state index in [0.717, 1.165) is 0 Å². The molecule has 0 radical (unpaired) electrons. The normalized spacial score (nSPS) is 17.4. The lowest BCUT2D eigenvalue weighted by molar-refractivity contribution is 0.190. The lowest BCUT2D eigenvalue weighted by Crippen LogP contribution is -2.41. The summed E-state index contributed by atoms with van der Waals surface area (Å²) in [5.41, 5.74) is 2.48. The van der Waals surface area contributed by atoms with E-state index in [4.69, 9.17) is 14.0 Å². The Morgan fingerprint density at radius 1 is 1.08 bits per heavy atom. The molecule has 0 unspecified atom stereocenters. The van der Waals surface area contributed by atoms with Gasteiger partial charge in [0, 0.05) is 12.5 Å². The van der Waals surface area contributed by atoms with Gasteiger partial charge in [-0.2, -0.15) is 0 Å². The summed E-state index contributed by atoms with van der Waals surface area (Å²) in [6.45, 7) is 25.4. The van der Waals surface area contributed by atoms with Crippen molar-refractivity contribution in [2.45, 2.75) is 91.8 Å². The van der Waals surface area contributed by atoms with E-state index in [2.05, 4.69) is 86.4 Å². The topological polar surface area (TPSA) is 38.7 Å². The van der Waals surface area contributed by atoms with Crippen molar-refractivity contribution in [3.8, 4) is 0 Å². The van der Waals surface area contributed by atoms with E-state index >= 15 is 0 Å². The van der Waals surface area contributed by atoms with Crippen LogP contribution in [0.15, 0.2) is 23.3 Å². The van der Waals surface area contributed by atoms with Crippen molar-refractivity contribution in [1.29, 1.82) is 0 Å². The summed E-state index contributed by atoms with van der Waals surface area (Å²) in [6, 6.07) is 0. The monoisotopic (exact) mass is 400 g/mol. The third-order valence-corrected chi connectivity index (χ3v) is 10.5. The van der Waals surface area contributed by atoms with Crippen molar-refractivity contribution in [3.05, 3.63) is 23.3 Å². The van der Waals surface area contributed by atoms with Crippen LogP contribution in [0.5, 0.6) is 0 Å². The zero-order valence-corrected chi connectivity index (χ0v) is 21.2. The fourth-order valence-corrected chi connectivity index (χ4v) is 4.68. The van der Waals surface area contributed by atoms with Gasteiger partial charge >= 0.3 is 0 Å². The van der Waals surface area contributed by atoms with Gasteiger partial charge in [-0.3, -0.25) is 0 Å². The Balaban J connectivity index is 5.21. The maximum atomic E-state index is 9.12. The second kappa shape index (κ2) is 10.4. The van der Waals surface area contributed by atoms with Crippen LogP contribution in [0.4, 0.5) is 0 Å². The molecule has 0 bridgehead atoms. The molecule has 154 valence electrons. The number of rotatable bonds is 10. The first-order chi connectivity index (χ1) is 11.6. The highest BCUT2D eigenvalue weighted by atomic mass is 28.4. The van der Waals surface area contributed by atoms with Crippen LogP contribution in [-0.2, 0) is 8.85 Å². The molecule has 0 amide bonds. The van der Waals surface area contributed by atoms with Crippen LogP contribution in [0.3, 0.4) is 0 Å². The van der Waals surface area contributed by atoms with E-state index in [1.54, 1.807) is 0 Å². The molecule has 1 N–H and O–H groups in total. The van der Waals surface area contributed by atoms with E-state index in [9.17, 15) is 0 Å². The van der Waals surface area contributed by atoms with Crippen LogP contribution in [-0.4, -0.2) is 41.1 Å². The molecule has 0 heterocycles. The molecule has 2 atom stereocenters. The minimum absolute atomic E-state index is 0.0658. The lowest BCUT2D eigenvalue weighted by Gasteiger charge is -2.36. The zero-order chi connectivity index (χ0) is 20.8. The molecule has 0 aromatic carbocycles. The Bertz CT molecular complexity index is 482.